The summed E-state index contributed by atoms with van der Waals surface area (Å²) in [6.45, 7) is 4.40. The Kier molecular flexibility index (Phi) is 5.36. The smallest absolute Gasteiger partial charge is 0.246 e. The van der Waals surface area contributed by atoms with Crippen LogP contribution in [0.2, 0.25) is 0 Å². The molecule has 0 radical (unpaired) electrons. The van der Waals surface area contributed by atoms with Crippen LogP contribution in [-0.2, 0) is 16.0 Å². The van der Waals surface area contributed by atoms with E-state index >= 15 is 0 Å². The van der Waals surface area contributed by atoms with Crippen molar-refractivity contribution in [2.24, 2.45) is 0 Å². The van der Waals surface area contributed by atoms with Gasteiger partial charge in [-0.2, -0.15) is 0 Å². The molecule has 2 rings (SSSR count). The van der Waals surface area contributed by atoms with E-state index in [1.807, 2.05) is 13.0 Å². The van der Waals surface area contributed by atoms with Crippen LogP contribution in [0.4, 0.5) is 0 Å². The molecule has 1 amide bonds. The molecule has 1 unspecified atom stereocenters. The van der Waals surface area contributed by atoms with E-state index in [1.54, 1.807) is 0 Å². The van der Waals surface area contributed by atoms with Gasteiger partial charge in [0.15, 0.2) is 0 Å². The molecule has 1 atom stereocenters. The maximum atomic E-state index is 11.6. The summed E-state index contributed by atoms with van der Waals surface area (Å²) < 4.78 is 5.22. The number of carbonyl (C=O) groups is 1. The Morgan fingerprint density at radius 2 is 2.32 bits per heavy atom. The number of nitrogens with one attached hydrogen (secondary N) is 2. The van der Waals surface area contributed by atoms with Gasteiger partial charge in [-0.25, -0.2) is 0 Å². The second-order valence-corrected chi connectivity index (χ2v) is 4.81. The van der Waals surface area contributed by atoms with Gasteiger partial charge in [-0.3, -0.25) is 4.79 Å². The first kappa shape index (κ1) is 14.0. The molecule has 0 spiro atoms. The zero-order valence-corrected chi connectivity index (χ0v) is 11.4. The first-order valence-corrected chi connectivity index (χ1v) is 6.97. The molecule has 104 valence electrons. The zero-order chi connectivity index (χ0) is 13.5. The number of ether oxygens (including phenoxy) is 1. The molecule has 0 fully saturated rings. The van der Waals surface area contributed by atoms with E-state index in [0.717, 1.165) is 19.4 Å². The highest BCUT2D eigenvalue weighted by molar-refractivity contribution is 5.77. The van der Waals surface area contributed by atoms with E-state index in [1.165, 1.54) is 11.1 Å². The van der Waals surface area contributed by atoms with Crippen LogP contribution in [0, 0.1) is 0 Å². The van der Waals surface area contributed by atoms with Crippen molar-refractivity contribution in [2.75, 3.05) is 26.3 Å². The summed E-state index contributed by atoms with van der Waals surface area (Å²) in [7, 11) is 0. The van der Waals surface area contributed by atoms with E-state index in [9.17, 15) is 4.79 Å². The lowest BCUT2D eigenvalue weighted by molar-refractivity contribution is -0.125. The van der Waals surface area contributed by atoms with Crippen molar-refractivity contribution in [3.63, 3.8) is 0 Å². The van der Waals surface area contributed by atoms with Gasteiger partial charge in [0.1, 0.15) is 6.61 Å². The molecule has 0 aromatic heterocycles. The largest absolute Gasteiger partial charge is 0.372 e. The second-order valence-electron chi connectivity index (χ2n) is 4.81. The molecule has 1 aromatic carbocycles. The Labute approximate surface area is 114 Å². The average molecular weight is 262 g/mol. The number of rotatable bonds is 6. The number of hydrogen-bond donors (Lipinski definition) is 2. The lowest BCUT2D eigenvalue weighted by Crippen LogP contribution is -2.39. The lowest BCUT2D eigenvalue weighted by Gasteiger charge is -2.27. The van der Waals surface area contributed by atoms with Gasteiger partial charge in [0, 0.05) is 19.2 Å². The van der Waals surface area contributed by atoms with Crippen molar-refractivity contribution in [1.29, 1.82) is 0 Å². The monoisotopic (exact) mass is 262 g/mol. The van der Waals surface area contributed by atoms with Gasteiger partial charge in [-0.15, -0.1) is 0 Å². The lowest BCUT2D eigenvalue weighted by atomic mass is 9.94. The summed E-state index contributed by atoms with van der Waals surface area (Å²) >= 11 is 0. The topological polar surface area (TPSA) is 50.4 Å². The van der Waals surface area contributed by atoms with Gasteiger partial charge in [0.25, 0.3) is 0 Å². The molecular formula is C15H22N2O2. The van der Waals surface area contributed by atoms with Crippen LogP contribution >= 0.6 is 0 Å². The fraction of sp³-hybridized carbons (Fsp3) is 0.533. The third-order valence-electron chi connectivity index (χ3n) is 3.30. The normalized spacial score (nSPS) is 17.8. The molecule has 1 heterocycles. The van der Waals surface area contributed by atoms with Crippen molar-refractivity contribution >= 4 is 5.91 Å². The van der Waals surface area contributed by atoms with Crippen LogP contribution in [-0.4, -0.2) is 32.2 Å². The molecule has 4 nitrogen and oxygen atoms in total. The van der Waals surface area contributed by atoms with Crippen molar-refractivity contribution in [3.05, 3.63) is 35.4 Å². The molecule has 2 N–H and O–H groups in total. The first-order valence-electron chi connectivity index (χ1n) is 6.97. The van der Waals surface area contributed by atoms with Crippen molar-refractivity contribution in [2.45, 2.75) is 25.8 Å². The van der Waals surface area contributed by atoms with E-state index < -0.39 is 0 Å². The molecule has 1 aliphatic heterocycles. The molecule has 4 heteroatoms. The van der Waals surface area contributed by atoms with Gasteiger partial charge < -0.3 is 15.4 Å². The molecule has 0 aliphatic carbocycles. The third-order valence-corrected chi connectivity index (χ3v) is 3.30. The summed E-state index contributed by atoms with van der Waals surface area (Å²) in [5.74, 6) is -0.0432. The predicted octanol–water partition coefficient (Wildman–Crippen LogP) is 1.42. The maximum Gasteiger partial charge on any atom is 0.246 e. The van der Waals surface area contributed by atoms with Gasteiger partial charge in [0.2, 0.25) is 5.91 Å². The molecule has 1 aliphatic rings. The Bertz CT molecular complexity index is 420. The van der Waals surface area contributed by atoms with E-state index in [4.69, 9.17) is 4.74 Å². The van der Waals surface area contributed by atoms with Crippen LogP contribution < -0.4 is 10.6 Å². The second kappa shape index (κ2) is 7.26. The van der Waals surface area contributed by atoms with Crippen LogP contribution in [0.1, 0.15) is 30.5 Å². The summed E-state index contributed by atoms with van der Waals surface area (Å²) in [6.07, 6.45) is 1.99. The highest BCUT2D eigenvalue weighted by atomic mass is 16.5. The number of carbonyl (C=O) groups excluding carboxylic acids is 1. The molecule has 0 saturated heterocycles. The number of fused-ring (bicyclic) bond motifs is 1. The Morgan fingerprint density at radius 1 is 1.47 bits per heavy atom. The molecule has 19 heavy (non-hydrogen) atoms. The number of benzene rings is 1. The predicted molar refractivity (Wildman–Crippen MR) is 75.0 cm³/mol. The summed E-state index contributed by atoms with van der Waals surface area (Å²) in [4.78, 5) is 11.6. The SMILES string of the molecule is CCCOCC(=O)NCC1NCCc2ccccc21. The van der Waals surface area contributed by atoms with Crippen LogP contribution in [0.5, 0.6) is 0 Å². The molecule has 1 aromatic rings. The fourth-order valence-corrected chi connectivity index (χ4v) is 2.35. The Morgan fingerprint density at radius 3 is 3.16 bits per heavy atom. The standard InChI is InChI=1S/C15H22N2O2/c1-2-9-19-11-15(18)17-10-14-13-6-4-3-5-12(13)7-8-16-14/h3-6,14,16H,2,7-11H2,1H3,(H,17,18). The van der Waals surface area contributed by atoms with Crippen LogP contribution in [0.25, 0.3) is 0 Å². The van der Waals surface area contributed by atoms with Crippen LogP contribution in [0.15, 0.2) is 24.3 Å². The number of hydrogen-bond acceptors (Lipinski definition) is 3. The highest BCUT2D eigenvalue weighted by Crippen LogP contribution is 2.21. The van der Waals surface area contributed by atoms with Crippen molar-refractivity contribution < 1.29 is 9.53 Å². The van der Waals surface area contributed by atoms with Gasteiger partial charge in [0.05, 0.1) is 0 Å². The van der Waals surface area contributed by atoms with E-state index in [0.29, 0.717) is 13.2 Å². The van der Waals surface area contributed by atoms with Crippen molar-refractivity contribution in [1.82, 2.24) is 10.6 Å². The van der Waals surface area contributed by atoms with Crippen molar-refractivity contribution in [3.8, 4) is 0 Å². The average Bonchev–Trinajstić information content (AvgIpc) is 2.45. The maximum absolute atomic E-state index is 11.6. The minimum atomic E-state index is -0.0432. The zero-order valence-electron chi connectivity index (χ0n) is 11.4. The van der Waals surface area contributed by atoms with E-state index in [-0.39, 0.29) is 18.6 Å². The molecule has 0 saturated carbocycles. The highest BCUT2D eigenvalue weighted by Gasteiger charge is 2.19. The number of amides is 1. The summed E-state index contributed by atoms with van der Waals surface area (Å²) in [5.41, 5.74) is 2.67. The summed E-state index contributed by atoms with van der Waals surface area (Å²) in [5, 5.41) is 6.37. The Balaban J connectivity index is 1.82. The van der Waals surface area contributed by atoms with E-state index in [2.05, 4.69) is 28.8 Å². The van der Waals surface area contributed by atoms with Gasteiger partial charge >= 0.3 is 0 Å². The third kappa shape index (κ3) is 4.04. The Hall–Kier alpha value is -1.39. The minimum absolute atomic E-state index is 0.0432. The molecule has 0 bridgehead atoms. The quantitative estimate of drug-likeness (QED) is 0.762. The van der Waals surface area contributed by atoms with Crippen LogP contribution in [0.3, 0.4) is 0 Å². The summed E-state index contributed by atoms with van der Waals surface area (Å²) in [6, 6.07) is 8.62. The fourth-order valence-electron chi connectivity index (χ4n) is 2.35. The first-order chi connectivity index (χ1) is 9.31. The minimum Gasteiger partial charge on any atom is -0.372 e. The van der Waals surface area contributed by atoms with Gasteiger partial charge in [-0.1, -0.05) is 31.2 Å². The molecular weight excluding hydrogens is 240 g/mol. The van der Waals surface area contributed by atoms with Gasteiger partial charge in [-0.05, 0) is 30.5 Å².